The Kier molecular flexibility index (Phi) is 5.76. The second kappa shape index (κ2) is 7.42. The third-order valence-corrected chi connectivity index (χ3v) is 2.37. The molecule has 1 amide bonds. The topological polar surface area (TPSA) is 73.1 Å². The van der Waals surface area contributed by atoms with Crippen LogP contribution >= 0.6 is 0 Å². The molecule has 0 aliphatic rings. The molecule has 17 heavy (non-hydrogen) atoms. The minimum atomic E-state index is -0.288. The maximum Gasteiger partial charge on any atom is 0.221 e. The Balaban J connectivity index is 2.44. The highest BCUT2D eigenvalue weighted by atomic mass is 16.3. The zero-order valence-corrected chi connectivity index (χ0v) is 9.60. The second-order valence-electron chi connectivity index (χ2n) is 3.79. The first-order chi connectivity index (χ1) is 8.26. The Morgan fingerprint density at radius 1 is 1.41 bits per heavy atom. The van der Waals surface area contributed by atoms with Gasteiger partial charge in [-0.3, -0.25) is 4.79 Å². The number of benzene rings is 1. The van der Waals surface area contributed by atoms with E-state index in [1.54, 1.807) is 0 Å². The van der Waals surface area contributed by atoms with Gasteiger partial charge in [-0.05, 0) is 12.0 Å². The highest BCUT2D eigenvalue weighted by Gasteiger charge is 2.11. The van der Waals surface area contributed by atoms with E-state index < -0.39 is 0 Å². The molecule has 1 aromatic carbocycles. The Labute approximate surface area is 101 Å². The van der Waals surface area contributed by atoms with Gasteiger partial charge in [0.1, 0.15) is 0 Å². The van der Waals surface area contributed by atoms with Crippen LogP contribution in [0.25, 0.3) is 0 Å². The van der Waals surface area contributed by atoms with Crippen LogP contribution < -0.4 is 5.32 Å². The molecule has 90 valence electrons. The standard InChI is InChI=1S/C13H16N2O2/c14-8-4-7-13(17)15-12(10-16)9-11-5-2-1-3-6-11/h1-3,5-6,12,16H,4,7,9-10H2,(H,15,17)/t12-/m0/s1. The summed E-state index contributed by atoms with van der Waals surface area (Å²) in [6.45, 7) is -0.104. The van der Waals surface area contributed by atoms with Crippen molar-refractivity contribution in [1.82, 2.24) is 5.32 Å². The smallest absolute Gasteiger partial charge is 0.221 e. The zero-order chi connectivity index (χ0) is 12.5. The molecule has 0 aliphatic heterocycles. The quantitative estimate of drug-likeness (QED) is 0.768. The van der Waals surface area contributed by atoms with Crippen LogP contribution in [0.5, 0.6) is 0 Å². The summed E-state index contributed by atoms with van der Waals surface area (Å²) < 4.78 is 0. The number of nitrogens with one attached hydrogen (secondary N) is 1. The van der Waals surface area contributed by atoms with Gasteiger partial charge in [0.05, 0.1) is 18.7 Å². The van der Waals surface area contributed by atoms with E-state index in [0.717, 1.165) is 5.56 Å². The van der Waals surface area contributed by atoms with Crippen LogP contribution in [0, 0.1) is 11.3 Å². The molecule has 0 unspecified atom stereocenters. The normalized spacial score (nSPS) is 11.5. The van der Waals surface area contributed by atoms with Crippen molar-refractivity contribution in [1.29, 1.82) is 5.26 Å². The van der Waals surface area contributed by atoms with Gasteiger partial charge in [-0.1, -0.05) is 30.3 Å². The molecule has 1 aromatic rings. The van der Waals surface area contributed by atoms with E-state index in [4.69, 9.17) is 5.26 Å². The van der Waals surface area contributed by atoms with E-state index in [1.807, 2.05) is 36.4 Å². The molecule has 1 rings (SSSR count). The van der Waals surface area contributed by atoms with Crippen LogP contribution in [0.2, 0.25) is 0 Å². The van der Waals surface area contributed by atoms with Gasteiger partial charge < -0.3 is 10.4 Å². The Morgan fingerprint density at radius 3 is 2.71 bits per heavy atom. The third-order valence-electron chi connectivity index (χ3n) is 2.37. The third kappa shape index (κ3) is 5.14. The maximum atomic E-state index is 11.4. The molecule has 0 aromatic heterocycles. The van der Waals surface area contributed by atoms with Gasteiger partial charge >= 0.3 is 0 Å². The Hall–Kier alpha value is -1.86. The molecular formula is C13H16N2O2. The van der Waals surface area contributed by atoms with Crippen molar-refractivity contribution < 1.29 is 9.90 Å². The summed E-state index contributed by atoms with van der Waals surface area (Å²) in [4.78, 5) is 11.4. The van der Waals surface area contributed by atoms with Gasteiger partial charge in [0.15, 0.2) is 0 Å². The maximum absolute atomic E-state index is 11.4. The minimum Gasteiger partial charge on any atom is -0.394 e. The predicted molar refractivity (Wildman–Crippen MR) is 64.0 cm³/mol. The fourth-order valence-electron chi connectivity index (χ4n) is 1.53. The molecule has 0 spiro atoms. The number of amides is 1. The molecule has 0 bridgehead atoms. The summed E-state index contributed by atoms with van der Waals surface area (Å²) in [7, 11) is 0. The van der Waals surface area contributed by atoms with Crippen LogP contribution in [0.4, 0.5) is 0 Å². The summed E-state index contributed by atoms with van der Waals surface area (Å²) >= 11 is 0. The second-order valence-corrected chi connectivity index (χ2v) is 3.79. The number of nitriles is 1. The van der Waals surface area contributed by atoms with Crippen LogP contribution in [-0.2, 0) is 11.2 Å². The number of carbonyl (C=O) groups is 1. The summed E-state index contributed by atoms with van der Waals surface area (Å²) in [5.74, 6) is -0.193. The van der Waals surface area contributed by atoms with Crippen molar-refractivity contribution in [3.05, 3.63) is 35.9 Å². The lowest BCUT2D eigenvalue weighted by Gasteiger charge is -2.15. The van der Waals surface area contributed by atoms with Gasteiger partial charge in [-0.2, -0.15) is 5.26 Å². The van der Waals surface area contributed by atoms with E-state index >= 15 is 0 Å². The molecule has 1 atom stereocenters. The van der Waals surface area contributed by atoms with Crippen LogP contribution in [-0.4, -0.2) is 23.7 Å². The van der Waals surface area contributed by atoms with Crippen LogP contribution in [0.15, 0.2) is 30.3 Å². The first kappa shape index (κ1) is 13.2. The van der Waals surface area contributed by atoms with Gasteiger partial charge in [-0.25, -0.2) is 0 Å². The van der Waals surface area contributed by atoms with Crippen molar-refractivity contribution in [3.63, 3.8) is 0 Å². The molecule has 0 fully saturated rings. The zero-order valence-electron chi connectivity index (χ0n) is 9.60. The lowest BCUT2D eigenvalue weighted by molar-refractivity contribution is -0.122. The Bertz CT molecular complexity index is 384. The summed E-state index contributed by atoms with van der Waals surface area (Å²) in [5.41, 5.74) is 1.06. The first-order valence-electron chi connectivity index (χ1n) is 5.57. The fourth-order valence-corrected chi connectivity index (χ4v) is 1.53. The SMILES string of the molecule is N#CCCC(=O)N[C@H](CO)Cc1ccccc1. The molecule has 0 heterocycles. The van der Waals surface area contributed by atoms with E-state index in [9.17, 15) is 9.90 Å². The van der Waals surface area contributed by atoms with Gasteiger partial charge in [0, 0.05) is 12.8 Å². The monoisotopic (exact) mass is 232 g/mol. The minimum absolute atomic E-state index is 0.104. The van der Waals surface area contributed by atoms with Gasteiger partial charge in [0.25, 0.3) is 0 Å². The van der Waals surface area contributed by atoms with Crippen LogP contribution in [0.3, 0.4) is 0 Å². The van der Waals surface area contributed by atoms with Gasteiger partial charge in [0.2, 0.25) is 5.91 Å². The van der Waals surface area contributed by atoms with Crippen LogP contribution in [0.1, 0.15) is 18.4 Å². The number of aliphatic hydroxyl groups excluding tert-OH is 1. The lowest BCUT2D eigenvalue weighted by Crippen LogP contribution is -2.38. The number of hydrogen-bond donors (Lipinski definition) is 2. The average Bonchev–Trinajstić information content (AvgIpc) is 2.36. The highest BCUT2D eigenvalue weighted by Crippen LogP contribution is 2.03. The molecule has 0 radical (unpaired) electrons. The van der Waals surface area contributed by atoms with E-state index in [0.29, 0.717) is 6.42 Å². The van der Waals surface area contributed by atoms with Crippen molar-refractivity contribution in [3.8, 4) is 6.07 Å². The summed E-state index contributed by atoms with van der Waals surface area (Å²) in [5, 5.41) is 20.3. The van der Waals surface area contributed by atoms with E-state index in [-0.39, 0.29) is 31.4 Å². The fraction of sp³-hybridized carbons (Fsp3) is 0.385. The Morgan fingerprint density at radius 2 is 2.12 bits per heavy atom. The summed E-state index contributed by atoms with van der Waals surface area (Å²) in [6, 6.07) is 11.3. The molecule has 4 nitrogen and oxygen atoms in total. The predicted octanol–water partition coefficient (Wildman–Crippen LogP) is 1.01. The number of nitrogens with zero attached hydrogens (tertiary/aromatic N) is 1. The average molecular weight is 232 g/mol. The molecular weight excluding hydrogens is 216 g/mol. The van der Waals surface area contributed by atoms with E-state index in [2.05, 4.69) is 5.32 Å². The van der Waals surface area contributed by atoms with Crippen molar-refractivity contribution in [2.45, 2.75) is 25.3 Å². The molecule has 2 N–H and O–H groups in total. The largest absolute Gasteiger partial charge is 0.394 e. The number of aliphatic hydroxyl groups is 1. The number of carbonyl (C=O) groups excluding carboxylic acids is 1. The first-order valence-corrected chi connectivity index (χ1v) is 5.57. The number of rotatable bonds is 6. The molecule has 4 heteroatoms. The summed E-state index contributed by atoms with van der Waals surface area (Å²) in [6.07, 6.45) is 0.979. The molecule has 0 saturated carbocycles. The highest BCUT2D eigenvalue weighted by molar-refractivity contribution is 5.76. The number of hydrogen-bond acceptors (Lipinski definition) is 3. The van der Waals surface area contributed by atoms with Crippen molar-refractivity contribution >= 4 is 5.91 Å². The van der Waals surface area contributed by atoms with Crippen molar-refractivity contribution in [2.24, 2.45) is 0 Å². The van der Waals surface area contributed by atoms with Crippen molar-refractivity contribution in [2.75, 3.05) is 6.61 Å². The lowest BCUT2D eigenvalue weighted by atomic mass is 10.1. The molecule has 0 aliphatic carbocycles. The van der Waals surface area contributed by atoms with E-state index in [1.165, 1.54) is 0 Å². The van der Waals surface area contributed by atoms with Gasteiger partial charge in [-0.15, -0.1) is 0 Å². The molecule has 0 saturated heterocycles.